The zero-order valence-electron chi connectivity index (χ0n) is 12.0. The van der Waals surface area contributed by atoms with Crippen LogP contribution >= 0.6 is 27.5 Å². The lowest BCUT2D eigenvalue weighted by Crippen LogP contribution is -2.38. The highest BCUT2D eigenvalue weighted by Crippen LogP contribution is 2.24. The van der Waals surface area contributed by atoms with Crippen LogP contribution in [0.3, 0.4) is 0 Å². The molecule has 116 valence electrons. The minimum atomic E-state index is 0.416. The average Bonchev–Trinajstić information content (AvgIpc) is 2.55. The molecule has 7 heteroatoms. The van der Waals surface area contributed by atoms with E-state index in [0.717, 1.165) is 36.4 Å². The molecule has 1 aliphatic heterocycles. The van der Waals surface area contributed by atoms with Gasteiger partial charge in [0.2, 0.25) is 11.8 Å². The largest absolute Gasteiger partial charge is 0.476 e. The van der Waals surface area contributed by atoms with E-state index in [2.05, 4.69) is 35.8 Å². The molecule has 3 rings (SSSR count). The number of halogens is 2. The molecule has 0 N–H and O–H groups in total. The Kier molecular flexibility index (Phi) is 5.10. The number of aromatic nitrogens is 3. The number of ether oxygens (including phenoxy) is 1. The van der Waals surface area contributed by atoms with Gasteiger partial charge in [-0.2, -0.15) is 0 Å². The Hall–Kier alpha value is -1.40. The summed E-state index contributed by atoms with van der Waals surface area (Å²) in [6.45, 7) is 2.46. The van der Waals surface area contributed by atoms with Crippen LogP contribution in [-0.2, 0) is 0 Å². The molecule has 5 nitrogen and oxygen atoms in total. The smallest absolute Gasteiger partial charge is 0.232 e. The molecule has 2 aromatic rings. The molecular formula is C15H16BrClN4O. The summed E-state index contributed by atoms with van der Waals surface area (Å²) in [6.07, 6.45) is 7.46. The van der Waals surface area contributed by atoms with Crippen molar-refractivity contribution in [3.05, 3.63) is 40.2 Å². The molecule has 1 aliphatic rings. The van der Waals surface area contributed by atoms with Crippen LogP contribution in [0.25, 0.3) is 0 Å². The maximum absolute atomic E-state index is 6.06. The number of pyridine rings is 1. The SMILES string of the molecule is Clc1cccnc1OCC1CCCN(c2ncc(Br)cn2)C1. The third-order valence-corrected chi connectivity index (χ3v) is 4.29. The van der Waals surface area contributed by atoms with Gasteiger partial charge in [-0.25, -0.2) is 15.0 Å². The topological polar surface area (TPSA) is 51.1 Å². The van der Waals surface area contributed by atoms with Gasteiger partial charge >= 0.3 is 0 Å². The number of anilines is 1. The number of hydrogen-bond donors (Lipinski definition) is 0. The van der Waals surface area contributed by atoms with Crippen molar-refractivity contribution in [3.63, 3.8) is 0 Å². The van der Waals surface area contributed by atoms with Crippen LogP contribution in [0.5, 0.6) is 5.88 Å². The van der Waals surface area contributed by atoms with E-state index in [1.165, 1.54) is 0 Å². The highest BCUT2D eigenvalue weighted by molar-refractivity contribution is 9.10. The second-order valence-corrected chi connectivity index (χ2v) is 6.58. The lowest BCUT2D eigenvalue weighted by Gasteiger charge is -2.32. The molecule has 3 heterocycles. The van der Waals surface area contributed by atoms with Gasteiger partial charge in [0.05, 0.1) is 11.1 Å². The third-order valence-electron chi connectivity index (χ3n) is 3.59. The lowest BCUT2D eigenvalue weighted by molar-refractivity contribution is 0.221. The Morgan fingerprint density at radius 2 is 2.14 bits per heavy atom. The molecule has 1 unspecified atom stereocenters. The van der Waals surface area contributed by atoms with Gasteiger partial charge in [-0.05, 0) is 40.9 Å². The normalized spacial score (nSPS) is 18.3. The van der Waals surface area contributed by atoms with E-state index in [9.17, 15) is 0 Å². The van der Waals surface area contributed by atoms with E-state index < -0.39 is 0 Å². The average molecular weight is 384 g/mol. The van der Waals surface area contributed by atoms with Crippen LogP contribution < -0.4 is 9.64 Å². The molecule has 1 fully saturated rings. The first-order valence-corrected chi connectivity index (χ1v) is 8.35. The van der Waals surface area contributed by atoms with Crippen molar-refractivity contribution < 1.29 is 4.74 Å². The highest BCUT2D eigenvalue weighted by atomic mass is 79.9. The summed E-state index contributed by atoms with van der Waals surface area (Å²) >= 11 is 9.41. The first-order valence-electron chi connectivity index (χ1n) is 7.18. The lowest BCUT2D eigenvalue weighted by atomic mass is 9.99. The fourth-order valence-corrected chi connectivity index (χ4v) is 2.91. The van der Waals surface area contributed by atoms with E-state index in [1.54, 1.807) is 30.7 Å². The summed E-state index contributed by atoms with van der Waals surface area (Å²) in [7, 11) is 0. The highest BCUT2D eigenvalue weighted by Gasteiger charge is 2.22. The molecule has 0 saturated carbocycles. The number of piperidine rings is 1. The predicted molar refractivity (Wildman–Crippen MR) is 89.4 cm³/mol. The maximum Gasteiger partial charge on any atom is 0.232 e. The standard InChI is InChI=1S/C15H16BrClN4O/c16-12-7-19-15(20-8-12)21-6-2-3-11(9-21)10-22-14-13(17)4-1-5-18-14/h1,4-5,7-8,11H,2-3,6,9-10H2. The fraction of sp³-hybridized carbons (Fsp3) is 0.400. The van der Waals surface area contributed by atoms with Gasteiger partial charge in [-0.3, -0.25) is 0 Å². The maximum atomic E-state index is 6.06. The molecule has 0 aliphatic carbocycles. The Morgan fingerprint density at radius 3 is 2.91 bits per heavy atom. The minimum Gasteiger partial charge on any atom is -0.476 e. The van der Waals surface area contributed by atoms with Gasteiger partial charge in [-0.1, -0.05) is 11.6 Å². The summed E-state index contributed by atoms with van der Waals surface area (Å²) in [5, 5.41) is 0.548. The van der Waals surface area contributed by atoms with Crippen LogP contribution in [0.15, 0.2) is 35.2 Å². The van der Waals surface area contributed by atoms with E-state index in [4.69, 9.17) is 16.3 Å². The predicted octanol–water partition coefficient (Wildman–Crippen LogP) is 3.58. The van der Waals surface area contributed by atoms with E-state index in [-0.39, 0.29) is 0 Å². The quantitative estimate of drug-likeness (QED) is 0.807. The van der Waals surface area contributed by atoms with Crippen molar-refractivity contribution in [1.82, 2.24) is 15.0 Å². The van der Waals surface area contributed by atoms with Crippen molar-refractivity contribution in [2.45, 2.75) is 12.8 Å². The van der Waals surface area contributed by atoms with Gasteiger partial charge < -0.3 is 9.64 Å². The molecule has 0 amide bonds. The van der Waals surface area contributed by atoms with Crippen LogP contribution in [0.4, 0.5) is 5.95 Å². The molecule has 1 saturated heterocycles. The second-order valence-electron chi connectivity index (χ2n) is 5.26. The van der Waals surface area contributed by atoms with Crippen molar-refractivity contribution in [3.8, 4) is 5.88 Å². The molecular weight excluding hydrogens is 368 g/mol. The Labute approximate surface area is 142 Å². The molecule has 0 radical (unpaired) electrons. The molecule has 1 atom stereocenters. The van der Waals surface area contributed by atoms with Crippen LogP contribution in [-0.4, -0.2) is 34.6 Å². The summed E-state index contributed by atoms with van der Waals surface area (Å²) < 4.78 is 6.65. The molecule has 22 heavy (non-hydrogen) atoms. The van der Waals surface area contributed by atoms with Crippen molar-refractivity contribution >= 4 is 33.5 Å². The molecule has 2 aromatic heterocycles. The first kappa shape index (κ1) is 15.5. The third kappa shape index (κ3) is 3.87. The van der Waals surface area contributed by atoms with Crippen molar-refractivity contribution in [2.75, 3.05) is 24.6 Å². The summed E-state index contributed by atoms with van der Waals surface area (Å²) in [4.78, 5) is 15.1. The molecule has 0 aromatic carbocycles. The number of hydrogen-bond acceptors (Lipinski definition) is 5. The van der Waals surface area contributed by atoms with Crippen LogP contribution in [0.2, 0.25) is 5.02 Å². The summed E-state index contributed by atoms with van der Waals surface area (Å²) in [5.41, 5.74) is 0. The summed E-state index contributed by atoms with van der Waals surface area (Å²) in [6, 6.07) is 3.58. The summed E-state index contributed by atoms with van der Waals surface area (Å²) in [5.74, 6) is 1.68. The van der Waals surface area contributed by atoms with Crippen LogP contribution in [0, 0.1) is 5.92 Å². The Morgan fingerprint density at radius 1 is 1.32 bits per heavy atom. The minimum absolute atomic E-state index is 0.416. The zero-order valence-corrected chi connectivity index (χ0v) is 14.3. The van der Waals surface area contributed by atoms with Crippen molar-refractivity contribution in [2.24, 2.45) is 5.92 Å². The molecule has 0 bridgehead atoms. The van der Waals surface area contributed by atoms with Crippen LogP contribution in [0.1, 0.15) is 12.8 Å². The van der Waals surface area contributed by atoms with Gasteiger partial charge in [0.25, 0.3) is 0 Å². The van der Waals surface area contributed by atoms with E-state index in [1.807, 2.05) is 0 Å². The number of nitrogens with zero attached hydrogens (tertiary/aromatic N) is 4. The molecule has 0 spiro atoms. The van der Waals surface area contributed by atoms with Gasteiger partial charge in [0.15, 0.2) is 0 Å². The first-order chi connectivity index (χ1) is 10.7. The van der Waals surface area contributed by atoms with E-state index >= 15 is 0 Å². The Balaban J connectivity index is 1.59. The second kappa shape index (κ2) is 7.24. The number of rotatable bonds is 4. The van der Waals surface area contributed by atoms with Gasteiger partial charge in [0, 0.05) is 37.6 Å². The van der Waals surface area contributed by atoms with E-state index in [0.29, 0.717) is 23.4 Å². The zero-order chi connectivity index (χ0) is 15.4. The fourth-order valence-electron chi connectivity index (χ4n) is 2.53. The van der Waals surface area contributed by atoms with Crippen molar-refractivity contribution in [1.29, 1.82) is 0 Å². The van der Waals surface area contributed by atoms with Gasteiger partial charge in [0.1, 0.15) is 5.02 Å². The van der Waals surface area contributed by atoms with Gasteiger partial charge in [-0.15, -0.1) is 0 Å². The Bertz CT molecular complexity index is 625. The monoisotopic (exact) mass is 382 g/mol.